The third-order valence-electron chi connectivity index (χ3n) is 3.31. The maximum atomic E-state index is 10.1. The van der Waals surface area contributed by atoms with E-state index < -0.39 is 6.10 Å². The molecule has 0 saturated heterocycles. The van der Waals surface area contributed by atoms with Crippen LogP contribution >= 0.6 is 11.6 Å². The molecule has 19 heavy (non-hydrogen) atoms. The largest absolute Gasteiger partial charge is 0.391 e. The van der Waals surface area contributed by atoms with Crippen LogP contribution in [0.1, 0.15) is 30.0 Å². The van der Waals surface area contributed by atoms with Gasteiger partial charge in [0.2, 0.25) is 0 Å². The molecule has 1 saturated carbocycles. The predicted molar refractivity (Wildman–Crippen MR) is 73.2 cm³/mol. The molecule has 5 heteroatoms. The molecule has 1 atom stereocenters. The molecule has 100 valence electrons. The molecule has 1 aromatic carbocycles. The second kappa shape index (κ2) is 5.31. The van der Waals surface area contributed by atoms with Crippen LogP contribution in [0.4, 0.5) is 0 Å². The molecular weight excluding hydrogens is 262 g/mol. The summed E-state index contributed by atoms with van der Waals surface area (Å²) >= 11 is 5.92. The van der Waals surface area contributed by atoms with E-state index in [-0.39, 0.29) is 0 Å². The first kappa shape index (κ1) is 12.6. The van der Waals surface area contributed by atoms with Gasteiger partial charge in [0.25, 0.3) is 0 Å². The van der Waals surface area contributed by atoms with Crippen LogP contribution in [0.15, 0.2) is 30.5 Å². The zero-order chi connectivity index (χ0) is 13.2. The normalized spacial score (nSPS) is 16.5. The molecule has 4 nitrogen and oxygen atoms in total. The zero-order valence-corrected chi connectivity index (χ0v) is 11.3. The van der Waals surface area contributed by atoms with Gasteiger partial charge in [-0.2, -0.15) is 0 Å². The smallest absolute Gasteiger partial charge is 0.0858 e. The van der Waals surface area contributed by atoms with Crippen molar-refractivity contribution in [2.24, 2.45) is 0 Å². The van der Waals surface area contributed by atoms with Crippen molar-refractivity contribution in [2.75, 3.05) is 0 Å². The van der Waals surface area contributed by atoms with Gasteiger partial charge in [0.1, 0.15) is 0 Å². The third kappa shape index (κ3) is 3.33. The van der Waals surface area contributed by atoms with E-state index in [4.69, 9.17) is 11.6 Å². The minimum absolute atomic E-state index is 0.465. The monoisotopic (exact) mass is 277 g/mol. The lowest BCUT2D eigenvalue weighted by Gasteiger charge is -2.10. The van der Waals surface area contributed by atoms with Gasteiger partial charge in [-0.25, -0.2) is 4.68 Å². The lowest BCUT2D eigenvalue weighted by atomic mass is 10.1. The number of nitrogens with zero attached hydrogens (tertiary/aromatic N) is 3. The number of aliphatic hydroxyl groups excluding tert-OH is 1. The van der Waals surface area contributed by atoms with E-state index in [9.17, 15) is 5.11 Å². The van der Waals surface area contributed by atoms with Crippen molar-refractivity contribution in [3.05, 3.63) is 46.7 Å². The van der Waals surface area contributed by atoms with E-state index in [0.717, 1.165) is 11.3 Å². The lowest BCUT2D eigenvalue weighted by Crippen LogP contribution is -2.19. The Morgan fingerprint density at radius 1 is 1.42 bits per heavy atom. The first-order valence-electron chi connectivity index (χ1n) is 6.53. The van der Waals surface area contributed by atoms with Crippen molar-refractivity contribution < 1.29 is 5.11 Å². The second-order valence-electron chi connectivity index (χ2n) is 5.13. The Morgan fingerprint density at radius 2 is 2.26 bits per heavy atom. The van der Waals surface area contributed by atoms with Gasteiger partial charge in [-0.15, -0.1) is 5.10 Å². The van der Waals surface area contributed by atoms with Gasteiger partial charge < -0.3 is 5.11 Å². The topological polar surface area (TPSA) is 50.9 Å². The molecule has 0 bridgehead atoms. The average Bonchev–Trinajstić information content (AvgIpc) is 3.11. The highest BCUT2D eigenvalue weighted by Crippen LogP contribution is 2.38. The van der Waals surface area contributed by atoms with Crippen LogP contribution < -0.4 is 0 Å². The number of hydrogen-bond donors (Lipinski definition) is 1. The summed E-state index contributed by atoms with van der Waals surface area (Å²) in [5.74, 6) is 0.596. The molecule has 0 radical (unpaired) electrons. The quantitative estimate of drug-likeness (QED) is 0.913. The second-order valence-corrected chi connectivity index (χ2v) is 5.56. The summed E-state index contributed by atoms with van der Waals surface area (Å²) < 4.78 is 1.73. The molecular formula is C14H16ClN3O. The van der Waals surface area contributed by atoms with Crippen molar-refractivity contribution >= 4 is 11.6 Å². The maximum Gasteiger partial charge on any atom is 0.0858 e. The molecule has 0 aliphatic heterocycles. The molecule has 1 aromatic heterocycles. The fourth-order valence-electron chi connectivity index (χ4n) is 2.19. The summed E-state index contributed by atoms with van der Waals surface area (Å²) in [6, 6.07) is 7.57. The van der Waals surface area contributed by atoms with Crippen LogP contribution in [-0.2, 0) is 13.0 Å². The molecule has 2 aromatic rings. The Labute approximate surface area is 117 Å². The summed E-state index contributed by atoms with van der Waals surface area (Å²) in [4.78, 5) is 0. The Hall–Kier alpha value is -1.39. The van der Waals surface area contributed by atoms with E-state index in [1.807, 2.05) is 30.5 Å². The fraction of sp³-hybridized carbons (Fsp3) is 0.429. The number of halogens is 1. The van der Waals surface area contributed by atoms with E-state index in [1.165, 1.54) is 12.8 Å². The highest BCUT2D eigenvalue weighted by molar-refractivity contribution is 6.30. The molecule has 1 fully saturated rings. The first-order valence-corrected chi connectivity index (χ1v) is 6.91. The molecule has 1 unspecified atom stereocenters. The Morgan fingerprint density at radius 3 is 3.00 bits per heavy atom. The standard InChI is InChI=1S/C14H16ClN3O/c15-12-3-1-2-10(6-12)7-13(19)8-18-9-14(16-17-18)11-4-5-11/h1-3,6,9,11,13,19H,4-5,7-8H2. The summed E-state index contributed by atoms with van der Waals surface area (Å²) in [5.41, 5.74) is 2.08. The summed E-state index contributed by atoms with van der Waals surface area (Å²) in [6.07, 6.45) is 4.46. The molecule has 3 rings (SSSR count). The van der Waals surface area contributed by atoms with Gasteiger partial charge in [-0.3, -0.25) is 0 Å². The molecule has 1 aliphatic carbocycles. The van der Waals surface area contributed by atoms with Gasteiger partial charge in [-0.1, -0.05) is 28.9 Å². The SMILES string of the molecule is OC(Cc1cccc(Cl)c1)Cn1cc(C2CC2)nn1. The van der Waals surface area contributed by atoms with Crippen molar-refractivity contribution in [3.8, 4) is 0 Å². The van der Waals surface area contributed by atoms with Gasteiger partial charge >= 0.3 is 0 Å². The molecule has 1 N–H and O–H groups in total. The molecule has 1 heterocycles. The molecule has 1 aliphatic rings. The third-order valence-corrected chi connectivity index (χ3v) is 3.55. The highest BCUT2D eigenvalue weighted by atomic mass is 35.5. The Kier molecular flexibility index (Phi) is 3.53. The van der Waals surface area contributed by atoms with E-state index >= 15 is 0 Å². The van der Waals surface area contributed by atoms with Crippen LogP contribution in [0.2, 0.25) is 5.02 Å². The van der Waals surface area contributed by atoms with Gasteiger partial charge in [0, 0.05) is 23.6 Å². The van der Waals surface area contributed by atoms with Crippen molar-refractivity contribution in [1.82, 2.24) is 15.0 Å². The minimum Gasteiger partial charge on any atom is -0.391 e. The zero-order valence-electron chi connectivity index (χ0n) is 10.5. The predicted octanol–water partition coefficient (Wildman–Crippen LogP) is 2.41. The van der Waals surface area contributed by atoms with Gasteiger partial charge in [0.15, 0.2) is 0 Å². The summed E-state index contributed by atoms with van der Waals surface area (Å²) in [5, 5.41) is 19.0. The van der Waals surface area contributed by atoms with E-state index in [0.29, 0.717) is 23.9 Å². The van der Waals surface area contributed by atoms with Gasteiger partial charge in [0.05, 0.1) is 18.3 Å². The Bertz CT molecular complexity index is 565. The van der Waals surface area contributed by atoms with Crippen molar-refractivity contribution in [1.29, 1.82) is 0 Å². The minimum atomic E-state index is -0.479. The van der Waals surface area contributed by atoms with Crippen molar-refractivity contribution in [3.63, 3.8) is 0 Å². The van der Waals surface area contributed by atoms with E-state index in [2.05, 4.69) is 10.3 Å². The van der Waals surface area contributed by atoms with E-state index in [1.54, 1.807) is 4.68 Å². The van der Waals surface area contributed by atoms with Crippen LogP contribution in [0, 0.1) is 0 Å². The highest BCUT2D eigenvalue weighted by Gasteiger charge is 2.26. The average molecular weight is 278 g/mol. The first-order chi connectivity index (χ1) is 9.20. The number of aliphatic hydroxyl groups is 1. The van der Waals surface area contributed by atoms with Crippen LogP contribution in [-0.4, -0.2) is 26.2 Å². The van der Waals surface area contributed by atoms with Crippen LogP contribution in [0.3, 0.4) is 0 Å². The number of rotatable bonds is 5. The molecule has 0 amide bonds. The van der Waals surface area contributed by atoms with Crippen LogP contribution in [0.25, 0.3) is 0 Å². The fourth-order valence-corrected chi connectivity index (χ4v) is 2.40. The summed E-state index contributed by atoms with van der Waals surface area (Å²) in [6.45, 7) is 0.465. The van der Waals surface area contributed by atoms with Crippen molar-refractivity contribution in [2.45, 2.75) is 37.8 Å². The number of hydrogen-bond acceptors (Lipinski definition) is 3. The Balaban J connectivity index is 1.59. The lowest BCUT2D eigenvalue weighted by molar-refractivity contribution is 0.148. The maximum absolute atomic E-state index is 10.1. The molecule has 0 spiro atoms. The number of aromatic nitrogens is 3. The van der Waals surface area contributed by atoms with Crippen LogP contribution in [0.5, 0.6) is 0 Å². The summed E-state index contributed by atoms with van der Waals surface area (Å²) in [7, 11) is 0. The number of benzene rings is 1. The van der Waals surface area contributed by atoms with Gasteiger partial charge in [-0.05, 0) is 30.5 Å².